The maximum absolute atomic E-state index is 11.7. The molecule has 1 aromatic heterocycles. The normalized spacial score (nSPS) is 16.6. The Labute approximate surface area is 137 Å². The average molecular weight is 312 g/mol. The molecule has 0 N–H and O–H groups in total. The second-order valence-electron chi connectivity index (χ2n) is 6.26. The summed E-state index contributed by atoms with van der Waals surface area (Å²) < 4.78 is 7.63. The maximum atomic E-state index is 11.7. The van der Waals surface area contributed by atoms with Crippen molar-refractivity contribution in [2.75, 3.05) is 13.1 Å². The third-order valence-corrected chi connectivity index (χ3v) is 4.44. The van der Waals surface area contributed by atoms with Gasteiger partial charge in [-0.1, -0.05) is 30.3 Å². The van der Waals surface area contributed by atoms with Crippen LogP contribution in [0.25, 0.3) is 0 Å². The van der Waals surface area contributed by atoms with E-state index >= 15 is 0 Å². The minimum absolute atomic E-state index is 0.0589. The minimum Gasteiger partial charge on any atom is -0.373 e. The predicted molar refractivity (Wildman–Crippen MR) is 91.2 cm³/mol. The van der Waals surface area contributed by atoms with Crippen molar-refractivity contribution >= 4 is 0 Å². The lowest BCUT2D eigenvalue weighted by Gasteiger charge is -2.31. The monoisotopic (exact) mass is 312 g/mol. The fourth-order valence-electron chi connectivity index (χ4n) is 2.97. The standard InChI is InChI=1S/C19H24N2O2/c1-20-10-7-17(13-19(20)22)14-21-11-8-18(9-12-21)23-15-16-5-3-2-4-6-16/h2-7,10,13,18H,8-9,11-12,14-15H2,1H3. The van der Waals surface area contributed by atoms with Crippen molar-refractivity contribution in [1.82, 2.24) is 9.47 Å². The van der Waals surface area contributed by atoms with Gasteiger partial charge in [0, 0.05) is 38.9 Å². The number of aryl methyl sites for hydroxylation is 1. The van der Waals surface area contributed by atoms with Gasteiger partial charge in [0.25, 0.3) is 5.56 Å². The highest BCUT2D eigenvalue weighted by atomic mass is 16.5. The summed E-state index contributed by atoms with van der Waals surface area (Å²) in [5, 5.41) is 0. The molecular weight excluding hydrogens is 288 g/mol. The van der Waals surface area contributed by atoms with E-state index in [2.05, 4.69) is 17.0 Å². The first-order valence-corrected chi connectivity index (χ1v) is 8.24. The first kappa shape index (κ1) is 16.0. The number of hydrogen-bond donors (Lipinski definition) is 0. The van der Waals surface area contributed by atoms with Crippen LogP contribution in [0, 0.1) is 0 Å². The van der Waals surface area contributed by atoms with Gasteiger partial charge in [-0.25, -0.2) is 0 Å². The quantitative estimate of drug-likeness (QED) is 0.851. The highest BCUT2D eigenvalue weighted by Crippen LogP contribution is 2.17. The lowest BCUT2D eigenvalue weighted by atomic mass is 10.1. The molecule has 0 aliphatic carbocycles. The van der Waals surface area contributed by atoms with Gasteiger partial charge in [-0.3, -0.25) is 9.69 Å². The zero-order valence-electron chi connectivity index (χ0n) is 13.6. The van der Waals surface area contributed by atoms with E-state index < -0.39 is 0 Å². The summed E-state index contributed by atoms with van der Waals surface area (Å²) in [5.74, 6) is 0. The van der Waals surface area contributed by atoms with Gasteiger partial charge in [0.2, 0.25) is 0 Å². The van der Waals surface area contributed by atoms with Gasteiger partial charge < -0.3 is 9.30 Å². The summed E-state index contributed by atoms with van der Waals surface area (Å²) in [6.07, 6.45) is 4.29. The zero-order chi connectivity index (χ0) is 16.1. The molecule has 122 valence electrons. The molecule has 23 heavy (non-hydrogen) atoms. The van der Waals surface area contributed by atoms with Crippen molar-refractivity contribution in [3.63, 3.8) is 0 Å². The first-order valence-electron chi connectivity index (χ1n) is 8.24. The van der Waals surface area contributed by atoms with E-state index in [-0.39, 0.29) is 5.56 Å². The molecule has 0 spiro atoms. The number of piperidine rings is 1. The number of hydrogen-bond acceptors (Lipinski definition) is 3. The Hall–Kier alpha value is -1.91. The molecule has 2 aromatic rings. The highest BCUT2D eigenvalue weighted by Gasteiger charge is 2.19. The summed E-state index contributed by atoms with van der Waals surface area (Å²) in [7, 11) is 1.78. The predicted octanol–water partition coefficient (Wildman–Crippen LogP) is 2.57. The molecule has 0 atom stereocenters. The third kappa shape index (κ3) is 4.53. The lowest BCUT2D eigenvalue weighted by Crippen LogP contribution is -2.36. The third-order valence-electron chi connectivity index (χ3n) is 4.44. The molecule has 1 aromatic carbocycles. The van der Waals surface area contributed by atoms with Crippen LogP contribution in [0.1, 0.15) is 24.0 Å². The Bertz CT molecular complexity index is 673. The minimum atomic E-state index is 0.0589. The van der Waals surface area contributed by atoms with E-state index in [1.807, 2.05) is 30.5 Å². The van der Waals surface area contributed by atoms with Crippen molar-refractivity contribution < 1.29 is 4.74 Å². The zero-order valence-corrected chi connectivity index (χ0v) is 13.6. The van der Waals surface area contributed by atoms with Crippen LogP contribution in [-0.4, -0.2) is 28.7 Å². The van der Waals surface area contributed by atoms with Crippen LogP contribution in [0.15, 0.2) is 53.5 Å². The fourth-order valence-corrected chi connectivity index (χ4v) is 2.97. The molecule has 1 saturated heterocycles. The first-order chi connectivity index (χ1) is 11.2. The van der Waals surface area contributed by atoms with Gasteiger partial charge in [0.1, 0.15) is 0 Å². The largest absolute Gasteiger partial charge is 0.373 e. The van der Waals surface area contributed by atoms with Crippen molar-refractivity contribution in [2.24, 2.45) is 7.05 Å². The number of rotatable bonds is 5. The Morgan fingerprint density at radius 1 is 1.09 bits per heavy atom. The van der Waals surface area contributed by atoms with Crippen molar-refractivity contribution in [3.8, 4) is 0 Å². The van der Waals surface area contributed by atoms with E-state index in [1.165, 1.54) is 5.56 Å². The molecule has 0 amide bonds. The number of benzene rings is 1. The summed E-state index contributed by atoms with van der Waals surface area (Å²) in [5.41, 5.74) is 2.38. The molecule has 0 unspecified atom stereocenters. The Morgan fingerprint density at radius 2 is 1.83 bits per heavy atom. The van der Waals surface area contributed by atoms with E-state index in [0.717, 1.165) is 38.0 Å². The van der Waals surface area contributed by atoms with Gasteiger partial charge in [0.15, 0.2) is 0 Å². The lowest BCUT2D eigenvalue weighted by molar-refractivity contribution is -0.00395. The number of nitrogens with zero attached hydrogens (tertiary/aromatic N) is 2. The SMILES string of the molecule is Cn1ccc(CN2CCC(OCc3ccccc3)CC2)cc1=O. The van der Waals surface area contributed by atoms with Crippen molar-refractivity contribution in [2.45, 2.75) is 32.1 Å². The highest BCUT2D eigenvalue weighted by molar-refractivity contribution is 5.13. The van der Waals surface area contributed by atoms with E-state index in [9.17, 15) is 4.79 Å². The van der Waals surface area contributed by atoms with E-state index in [0.29, 0.717) is 12.7 Å². The summed E-state index contributed by atoms with van der Waals surface area (Å²) in [6.45, 7) is 3.59. The van der Waals surface area contributed by atoms with Crippen LogP contribution in [0.2, 0.25) is 0 Å². The van der Waals surface area contributed by atoms with Crippen LogP contribution < -0.4 is 5.56 Å². The van der Waals surface area contributed by atoms with Gasteiger partial charge >= 0.3 is 0 Å². The summed E-state index contributed by atoms with van der Waals surface area (Å²) >= 11 is 0. The van der Waals surface area contributed by atoms with Gasteiger partial charge in [-0.2, -0.15) is 0 Å². The summed E-state index contributed by atoms with van der Waals surface area (Å²) in [6, 6.07) is 14.1. The molecule has 3 rings (SSSR count). The molecule has 2 heterocycles. The average Bonchev–Trinajstić information content (AvgIpc) is 2.58. The van der Waals surface area contributed by atoms with Gasteiger partial charge in [-0.05, 0) is 30.0 Å². The molecule has 1 fully saturated rings. The maximum Gasteiger partial charge on any atom is 0.250 e. The summed E-state index contributed by atoms with van der Waals surface area (Å²) in [4.78, 5) is 14.1. The van der Waals surface area contributed by atoms with Crippen molar-refractivity contribution in [3.05, 3.63) is 70.1 Å². The van der Waals surface area contributed by atoms with Crippen LogP contribution in [-0.2, 0) is 24.9 Å². The number of likely N-dealkylation sites (tertiary alicyclic amines) is 1. The Morgan fingerprint density at radius 3 is 2.52 bits per heavy atom. The molecule has 0 radical (unpaired) electrons. The van der Waals surface area contributed by atoms with Crippen LogP contribution >= 0.6 is 0 Å². The molecule has 4 nitrogen and oxygen atoms in total. The molecule has 0 bridgehead atoms. The second kappa shape index (κ2) is 7.57. The molecular formula is C19H24N2O2. The van der Waals surface area contributed by atoms with Crippen LogP contribution in [0.3, 0.4) is 0 Å². The number of aromatic nitrogens is 1. The second-order valence-corrected chi connectivity index (χ2v) is 6.26. The van der Waals surface area contributed by atoms with E-state index in [4.69, 9.17) is 4.74 Å². The van der Waals surface area contributed by atoms with E-state index in [1.54, 1.807) is 17.7 Å². The molecule has 1 aliphatic rings. The van der Waals surface area contributed by atoms with Gasteiger partial charge in [-0.15, -0.1) is 0 Å². The molecule has 1 aliphatic heterocycles. The smallest absolute Gasteiger partial charge is 0.250 e. The van der Waals surface area contributed by atoms with Gasteiger partial charge in [0.05, 0.1) is 12.7 Å². The Kier molecular flexibility index (Phi) is 5.26. The fraction of sp³-hybridized carbons (Fsp3) is 0.421. The topological polar surface area (TPSA) is 34.5 Å². The Balaban J connectivity index is 1.45. The molecule has 4 heteroatoms. The van der Waals surface area contributed by atoms with Crippen molar-refractivity contribution in [1.29, 1.82) is 0 Å². The van der Waals surface area contributed by atoms with Crippen LogP contribution in [0.4, 0.5) is 0 Å². The molecule has 0 saturated carbocycles. The number of pyridine rings is 1. The van der Waals surface area contributed by atoms with Crippen LogP contribution in [0.5, 0.6) is 0 Å². The number of ether oxygens (including phenoxy) is 1.